The molecule has 4 heteroatoms. The van der Waals surface area contributed by atoms with Crippen LogP contribution in [0.25, 0.3) is 5.69 Å². The molecule has 1 unspecified atom stereocenters. The van der Waals surface area contributed by atoms with Gasteiger partial charge < -0.3 is 5.11 Å². The first kappa shape index (κ1) is 9.86. The molecule has 0 fully saturated rings. The van der Waals surface area contributed by atoms with E-state index in [2.05, 4.69) is 5.10 Å². The van der Waals surface area contributed by atoms with E-state index in [1.165, 1.54) is 17.8 Å². The van der Waals surface area contributed by atoms with Crippen LogP contribution in [-0.4, -0.2) is 14.9 Å². The van der Waals surface area contributed by atoms with E-state index in [9.17, 15) is 9.50 Å². The lowest BCUT2D eigenvalue weighted by Gasteiger charge is -2.03. The predicted molar refractivity (Wildman–Crippen MR) is 54.2 cm³/mol. The van der Waals surface area contributed by atoms with Gasteiger partial charge in [-0.25, -0.2) is 4.68 Å². The van der Waals surface area contributed by atoms with E-state index < -0.39 is 12.1 Å². The molecule has 0 saturated carbocycles. The van der Waals surface area contributed by atoms with Crippen molar-refractivity contribution in [1.29, 1.82) is 0 Å². The van der Waals surface area contributed by atoms with Crippen LogP contribution in [0.3, 0.4) is 0 Å². The largest absolute Gasteiger partial charge is 0.388 e. The molecule has 78 valence electrons. The van der Waals surface area contributed by atoms with Crippen molar-refractivity contribution in [2.45, 2.75) is 13.0 Å². The SMILES string of the molecule is CC(O)c1cnn(-c2ccccc2)c1F. The molecule has 2 rings (SSSR count). The van der Waals surface area contributed by atoms with Gasteiger partial charge in [-0.1, -0.05) is 18.2 Å². The summed E-state index contributed by atoms with van der Waals surface area (Å²) < 4.78 is 14.9. The van der Waals surface area contributed by atoms with Gasteiger partial charge in [-0.15, -0.1) is 0 Å². The van der Waals surface area contributed by atoms with Crippen LogP contribution in [-0.2, 0) is 0 Å². The zero-order valence-electron chi connectivity index (χ0n) is 8.26. The lowest BCUT2D eigenvalue weighted by molar-refractivity contribution is 0.193. The Morgan fingerprint density at radius 3 is 2.53 bits per heavy atom. The van der Waals surface area contributed by atoms with Crippen LogP contribution < -0.4 is 0 Å². The van der Waals surface area contributed by atoms with Gasteiger partial charge in [0, 0.05) is 0 Å². The zero-order chi connectivity index (χ0) is 10.8. The second kappa shape index (κ2) is 3.82. The molecule has 0 bridgehead atoms. The van der Waals surface area contributed by atoms with Crippen LogP contribution in [0.15, 0.2) is 36.5 Å². The first-order valence-corrected chi connectivity index (χ1v) is 4.67. The average molecular weight is 206 g/mol. The monoisotopic (exact) mass is 206 g/mol. The normalized spacial score (nSPS) is 12.7. The molecule has 1 heterocycles. The molecular weight excluding hydrogens is 195 g/mol. The van der Waals surface area contributed by atoms with Crippen molar-refractivity contribution in [2.24, 2.45) is 0 Å². The number of hydrogen-bond acceptors (Lipinski definition) is 2. The minimum Gasteiger partial charge on any atom is -0.388 e. The van der Waals surface area contributed by atoms with Crippen LogP contribution in [0, 0.1) is 5.95 Å². The summed E-state index contributed by atoms with van der Waals surface area (Å²) in [7, 11) is 0. The maximum atomic E-state index is 13.7. The number of para-hydroxylation sites is 1. The summed E-state index contributed by atoms with van der Waals surface area (Å²) in [6.45, 7) is 1.51. The van der Waals surface area contributed by atoms with Crippen LogP contribution in [0.2, 0.25) is 0 Å². The first-order valence-electron chi connectivity index (χ1n) is 4.67. The lowest BCUT2D eigenvalue weighted by atomic mass is 10.2. The molecule has 0 spiro atoms. The van der Waals surface area contributed by atoms with Crippen LogP contribution >= 0.6 is 0 Å². The third kappa shape index (κ3) is 1.76. The second-order valence-electron chi connectivity index (χ2n) is 3.31. The van der Waals surface area contributed by atoms with Gasteiger partial charge >= 0.3 is 0 Å². The Kier molecular flexibility index (Phi) is 2.51. The Bertz CT molecular complexity index is 451. The number of halogens is 1. The van der Waals surface area contributed by atoms with Gasteiger partial charge in [-0.3, -0.25) is 0 Å². The highest BCUT2D eigenvalue weighted by Gasteiger charge is 2.14. The Morgan fingerprint density at radius 1 is 1.33 bits per heavy atom. The molecule has 1 atom stereocenters. The molecule has 15 heavy (non-hydrogen) atoms. The molecule has 1 aromatic heterocycles. The molecule has 0 aliphatic carbocycles. The van der Waals surface area contributed by atoms with Crippen molar-refractivity contribution < 1.29 is 9.50 Å². The molecule has 1 aromatic carbocycles. The Balaban J connectivity index is 2.47. The van der Waals surface area contributed by atoms with Crippen molar-refractivity contribution in [3.05, 3.63) is 48.0 Å². The number of aliphatic hydroxyl groups excluding tert-OH is 1. The van der Waals surface area contributed by atoms with E-state index in [0.717, 1.165) is 0 Å². The van der Waals surface area contributed by atoms with Gasteiger partial charge in [0.1, 0.15) is 0 Å². The van der Waals surface area contributed by atoms with E-state index in [-0.39, 0.29) is 5.56 Å². The molecular formula is C11H11FN2O. The molecule has 1 N–H and O–H groups in total. The Morgan fingerprint density at radius 2 is 2.00 bits per heavy atom. The smallest absolute Gasteiger partial charge is 0.222 e. The van der Waals surface area contributed by atoms with Gasteiger partial charge in [0.05, 0.1) is 23.6 Å². The summed E-state index contributed by atoms with van der Waals surface area (Å²) >= 11 is 0. The van der Waals surface area contributed by atoms with Gasteiger partial charge in [-0.2, -0.15) is 9.49 Å². The Labute approximate surface area is 86.8 Å². The zero-order valence-corrected chi connectivity index (χ0v) is 8.26. The topological polar surface area (TPSA) is 38.1 Å². The van der Waals surface area contributed by atoms with Crippen LogP contribution in [0.5, 0.6) is 0 Å². The third-order valence-corrected chi connectivity index (χ3v) is 2.19. The molecule has 0 saturated heterocycles. The molecule has 2 aromatic rings. The van der Waals surface area contributed by atoms with Gasteiger partial charge in [-0.05, 0) is 19.1 Å². The van der Waals surface area contributed by atoms with E-state index >= 15 is 0 Å². The maximum absolute atomic E-state index is 13.7. The fraction of sp³-hybridized carbons (Fsp3) is 0.182. The Hall–Kier alpha value is -1.68. The standard InChI is InChI=1S/C11H11FN2O/c1-8(15)10-7-13-14(11(10)12)9-5-3-2-4-6-9/h2-8,15H,1H3. The molecule has 3 nitrogen and oxygen atoms in total. The number of benzene rings is 1. The highest BCUT2D eigenvalue weighted by Crippen LogP contribution is 2.18. The number of hydrogen-bond donors (Lipinski definition) is 1. The number of aromatic nitrogens is 2. The van der Waals surface area contributed by atoms with Crippen LogP contribution in [0.1, 0.15) is 18.6 Å². The van der Waals surface area contributed by atoms with Crippen molar-refractivity contribution in [1.82, 2.24) is 9.78 Å². The summed E-state index contributed by atoms with van der Waals surface area (Å²) in [6.07, 6.45) is 0.495. The van der Waals surface area contributed by atoms with Crippen LogP contribution in [0.4, 0.5) is 4.39 Å². The maximum Gasteiger partial charge on any atom is 0.222 e. The summed E-state index contributed by atoms with van der Waals surface area (Å²) in [5.74, 6) is -0.517. The van der Waals surface area contributed by atoms with Gasteiger partial charge in [0.25, 0.3) is 0 Å². The van der Waals surface area contributed by atoms with Gasteiger partial charge in [0.15, 0.2) is 0 Å². The predicted octanol–water partition coefficient (Wildman–Crippen LogP) is 2.06. The average Bonchev–Trinajstić information content (AvgIpc) is 2.61. The van der Waals surface area contributed by atoms with Gasteiger partial charge in [0.2, 0.25) is 5.95 Å². The summed E-state index contributed by atoms with van der Waals surface area (Å²) in [5.41, 5.74) is 0.848. The lowest BCUT2D eigenvalue weighted by Crippen LogP contribution is -2.01. The number of aliphatic hydroxyl groups is 1. The summed E-state index contributed by atoms with van der Waals surface area (Å²) in [6, 6.07) is 8.96. The number of nitrogens with zero attached hydrogens (tertiary/aromatic N) is 2. The minimum absolute atomic E-state index is 0.207. The van der Waals surface area contributed by atoms with E-state index in [4.69, 9.17) is 0 Å². The molecule has 0 radical (unpaired) electrons. The second-order valence-corrected chi connectivity index (χ2v) is 3.31. The van der Waals surface area contributed by atoms with Crippen molar-refractivity contribution in [2.75, 3.05) is 0 Å². The number of rotatable bonds is 2. The molecule has 0 aliphatic heterocycles. The molecule has 0 aliphatic rings. The third-order valence-electron chi connectivity index (χ3n) is 2.19. The summed E-state index contributed by atoms with van der Waals surface area (Å²) in [4.78, 5) is 0. The van der Waals surface area contributed by atoms with Crippen molar-refractivity contribution in [3.63, 3.8) is 0 Å². The first-order chi connectivity index (χ1) is 7.20. The summed E-state index contributed by atoms with van der Waals surface area (Å²) in [5, 5.41) is 13.2. The fourth-order valence-corrected chi connectivity index (χ4v) is 1.38. The van der Waals surface area contributed by atoms with Crippen molar-refractivity contribution >= 4 is 0 Å². The van der Waals surface area contributed by atoms with Crippen molar-refractivity contribution in [3.8, 4) is 5.69 Å². The highest BCUT2D eigenvalue weighted by atomic mass is 19.1. The fourth-order valence-electron chi connectivity index (χ4n) is 1.38. The van der Waals surface area contributed by atoms with E-state index in [1.54, 1.807) is 24.3 Å². The molecule has 0 amide bonds. The quantitative estimate of drug-likeness (QED) is 0.816. The highest BCUT2D eigenvalue weighted by molar-refractivity contribution is 5.31. The minimum atomic E-state index is -0.845. The van der Waals surface area contributed by atoms with E-state index in [0.29, 0.717) is 5.69 Å². The van der Waals surface area contributed by atoms with E-state index in [1.807, 2.05) is 6.07 Å².